The molecule has 1 unspecified atom stereocenters. The predicted octanol–water partition coefficient (Wildman–Crippen LogP) is 4.03. The summed E-state index contributed by atoms with van der Waals surface area (Å²) in [6.45, 7) is 7.04. The van der Waals surface area contributed by atoms with Gasteiger partial charge in [0.15, 0.2) is 0 Å². The molecule has 0 saturated heterocycles. The second kappa shape index (κ2) is 7.28. The van der Waals surface area contributed by atoms with E-state index in [1.807, 2.05) is 7.05 Å². The fourth-order valence-electron chi connectivity index (χ4n) is 2.50. The van der Waals surface area contributed by atoms with Crippen LogP contribution in [0.3, 0.4) is 0 Å². The van der Waals surface area contributed by atoms with Gasteiger partial charge in [0.25, 0.3) is 0 Å². The van der Waals surface area contributed by atoms with Crippen LogP contribution in [0, 0.1) is 13.8 Å². The first-order chi connectivity index (χ1) is 10.1. The van der Waals surface area contributed by atoms with Gasteiger partial charge in [0, 0.05) is 6.04 Å². The number of benzene rings is 2. The Morgan fingerprint density at radius 2 is 1.57 bits per heavy atom. The zero-order valence-corrected chi connectivity index (χ0v) is 13.4. The summed E-state index contributed by atoms with van der Waals surface area (Å²) in [5, 5.41) is 3.25. The second-order valence-corrected chi connectivity index (χ2v) is 5.82. The molecule has 0 aromatic heterocycles. The number of rotatable bonds is 6. The van der Waals surface area contributed by atoms with Crippen LogP contribution in [0.2, 0.25) is 0 Å². The van der Waals surface area contributed by atoms with Crippen LogP contribution in [-0.4, -0.2) is 13.1 Å². The van der Waals surface area contributed by atoms with Crippen LogP contribution >= 0.6 is 0 Å². The van der Waals surface area contributed by atoms with Crippen molar-refractivity contribution in [2.45, 2.75) is 39.8 Å². The first-order valence-electron chi connectivity index (χ1n) is 7.53. The Bertz CT molecular complexity index is 554. The van der Waals surface area contributed by atoms with E-state index in [9.17, 15) is 0 Å². The smallest absolute Gasteiger partial charge is 0.119 e. The highest BCUT2D eigenvalue weighted by molar-refractivity contribution is 5.30. The molecule has 0 amide bonds. The van der Waals surface area contributed by atoms with Gasteiger partial charge in [-0.05, 0) is 57.5 Å². The molecule has 0 spiro atoms. The van der Waals surface area contributed by atoms with Crippen molar-refractivity contribution >= 4 is 0 Å². The number of likely N-dealkylation sites (N-methyl/N-ethyl adjacent to an activating group) is 1. The maximum absolute atomic E-state index is 5.87. The van der Waals surface area contributed by atoms with Crippen molar-refractivity contribution in [1.82, 2.24) is 5.32 Å². The fraction of sp³-hybridized carbons (Fsp3) is 0.368. The Kier molecular flexibility index (Phi) is 5.40. The maximum atomic E-state index is 5.87. The van der Waals surface area contributed by atoms with Crippen LogP contribution in [0.5, 0.6) is 5.75 Å². The highest BCUT2D eigenvalue weighted by Gasteiger charge is 2.02. The molecule has 2 rings (SSSR count). The van der Waals surface area contributed by atoms with Gasteiger partial charge in [0.05, 0.1) is 0 Å². The third-order valence-corrected chi connectivity index (χ3v) is 3.65. The van der Waals surface area contributed by atoms with E-state index in [0.717, 1.165) is 12.2 Å². The molecule has 112 valence electrons. The predicted molar refractivity (Wildman–Crippen MR) is 88.9 cm³/mol. The number of ether oxygens (including phenoxy) is 1. The summed E-state index contributed by atoms with van der Waals surface area (Å²) >= 11 is 0. The monoisotopic (exact) mass is 283 g/mol. The van der Waals surface area contributed by atoms with Gasteiger partial charge < -0.3 is 10.1 Å². The standard InChI is InChI=1S/C19H25NO/c1-14-9-15(2)11-18(10-14)13-21-19-7-5-17(6-8-19)12-16(3)20-4/h5-11,16,20H,12-13H2,1-4H3. The van der Waals surface area contributed by atoms with Gasteiger partial charge in [0.1, 0.15) is 12.4 Å². The number of nitrogens with one attached hydrogen (secondary N) is 1. The van der Waals surface area contributed by atoms with Crippen LogP contribution in [0.1, 0.15) is 29.2 Å². The lowest BCUT2D eigenvalue weighted by atomic mass is 10.1. The fourth-order valence-corrected chi connectivity index (χ4v) is 2.50. The summed E-state index contributed by atoms with van der Waals surface area (Å²) in [7, 11) is 1.99. The summed E-state index contributed by atoms with van der Waals surface area (Å²) < 4.78 is 5.87. The second-order valence-electron chi connectivity index (χ2n) is 5.82. The minimum Gasteiger partial charge on any atom is -0.489 e. The van der Waals surface area contributed by atoms with Gasteiger partial charge in [-0.3, -0.25) is 0 Å². The van der Waals surface area contributed by atoms with E-state index >= 15 is 0 Å². The highest BCUT2D eigenvalue weighted by Crippen LogP contribution is 2.16. The number of hydrogen-bond donors (Lipinski definition) is 1. The van der Waals surface area contributed by atoms with Crippen molar-refractivity contribution in [2.24, 2.45) is 0 Å². The third kappa shape index (κ3) is 4.91. The van der Waals surface area contributed by atoms with Gasteiger partial charge in [0.2, 0.25) is 0 Å². The average Bonchev–Trinajstić information content (AvgIpc) is 2.45. The van der Waals surface area contributed by atoms with E-state index in [2.05, 4.69) is 68.6 Å². The van der Waals surface area contributed by atoms with Gasteiger partial charge in [-0.25, -0.2) is 0 Å². The normalized spacial score (nSPS) is 12.2. The molecule has 0 bridgehead atoms. The minimum atomic E-state index is 0.493. The molecule has 0 aliphatic heterocycles. The summed E-state index contributed by atoms with van der Waals surface area (Å²) in [4.78, 5) is 0. The summed E-state index contributed by atoms with van der Waals surface area (Å²) in [6.07, 6.45) is 1.04. The van der Waals surface area contributed by atoms with Crippen molar-refractivity contribution < 1.29 is 4.74 Å². The lowest BCUT2D eigenvalue weighted by Crippen LogP contribution is -2.23. The molecule has 0 radical (unpaired) electrons. The molecular weight excluding hydrogens is 258 g/mol. The Morgan fingerprint density at radius 3 is 2.14 bits per heavy atom. The van der Waals surface area contributed by atoms with Gasteiger partial charge in [-0.2, -0.15) is 0 Å². The number of hydrogen-bond acceptors (Lipinski definition) is 2. The summed E-state index contributed by atoms with van der Waals surface area (Å²) in [5.41, 5.74) is 5.12. The molecule has 2 aromatic rings. The molecule has 2 nitrogen and oxygen atoms in total. The van der Waals surface area contributed by atoms with Crippen LogP contribution in [-0.2, 0) is 13.0 Å². The van der Waals surface area contributed by atoms with E-state index in [0.29, 0.717) is 12.6 Å². The number of aryl methyl sites for hydroxylation is 2. The van der Waals surface area contributed by atoms with E-state index < -0.39 is 0 Å². The Balaban J connectivity index is 1.94. The molecule has 0 aliphatic carbocycles. The topological polar surface area (TPSA) is 21.3 Å². The summed E-state index contributed by atoms with van der Waals surface area (Å²) in [5.74, 6) is 0.926. The first-order valence-corrected chi connectivity index (χ1v) is 7.53. The van der Waals surface area contributed by atoms with E-state index in [-0.39, 0.29) is 0 Å². The van der Waals surface area contributed by atoms with Crippen molar-refractivity contribution in [3.63, 3.8) is 0 Å². The quantitative estimate of drug-likeness (QED) is 0.864. The van der Waals surface area contributed by atoms with Crippen molar-refractivity contribution in [3.8, 4) is 5.75 Å². The van der Waals surface area contributed by atoms with Gasteiger partial charge in [-0.1, -0.05) is 41.5 Å². The molecule has 1 atom stereocenters. The molecular formula is C19H25NO. The van der Waals surface area contributed by atoms with Gasteiger partial charge >= 0.3 is 0 Å². The highest BCUT2D eigenvalue weighted by atomic mass is 16.5. The van der Waals surface area contributed by atoms with Gasteiger partial charge in [-0.15, -0.1) is 0 Å². The van der Waals surface area contributed by atoms with E-state index in [1.165, 1.54) is 22.3 Å². The maximum Gasteiger partial charge on any atom is 0.119 e. The molecule has 0 heterocycles. The molecule has 2 aromatic carbocycles. The zero-order chi connectivity index (χ0) is 15.2. The molecule has 21 heavy (non-hydrogen) atoms. The third-order valence-electron chi connectivity index (χ3n) is 3.65. The van der Waals surface area contributed by atoms with Crippen molar-refractivity contribution in [2.75, 3.05) is 7.05 Å². The Hall–Kier alpha value is -1.80. The summed E-state index contributed by atoms with van der Waals surface area (Å²) in [6, 6.07) is 15.4. The molecule has 0 saturated carbocycles. The largest absolute Gasteiger partial charge is 0.489 e. The molecule has 2 heteroatoms. The van der Waals surface area contributed by atoms with E-state index in [4.69, 9.17) is 4.74 Å². The Morgan fingerprint density at radius 1 is 0.952 bits per heavy atom. The zero-order valence-electron chi connectivity index (χ0n) is 13.4. The molecule has 1 N–H and O–H groups in total. The molecule has 0 aliphatic rings. The molecule has 0 fully saturated rings. The van der Waals surface area contributed by atoms with Crippen molar-refractivity contribution in [1.29, 1.82) is 0 Å². The van der Waals surface area contributed by atoms with Crippen LogP contribution in [0.4, 0.5) is 0 Å². The lowest BCUT2D eigenvalue weighted by molar-refractivity contribution is 0.306. The average molecular weight is 283 g/mol. The van der Waals surface area contributed by atoms with Crippen LogP contribution < -0.4 is 10.1 Å². The van der Waals surface area contributed by atoms with E-state index in [1.54, 1.807) is 0 Å². The van der Waals surface area contributed by atoms with Crippen molar-refractivity contribution in [3.05, 3.63) is 64.7 Å². The van der Waals surface area contributed by atoms with Crippen LogP contribution in [0.15, 0.2) is 42.5 Å². The first kappa shape index (κ1) is 15.6. The Labute approximate surface area is 128 Å². The SMILES string of the molecule is CNC(C)Cc1ccc(OCc2cc(C)cc(C)c2)cc1. The lowest BCUT2D eigenvalue weighted by Gasteiger charge is -2.11. The minimum absolute atomic E-state index is 0.493. The van der Waals surface area contributed by atoms with Crippen LogP contribution in [0.25, 0.3) is 0 Å².